The Kier molecular flexibility index (Phi) is 3.50. The molecular weight excluding hydrogens is 255 g/mol. The molecule has 1 N–H and O–H groups in total. The van der Waals surface area contributed by atoms with Gasteiger partial charge in [-0.25, -0.2) is 4.79 Å². The summed E-state index contributed by atoms with van der Waals surface area (Å²) in [7, 11) is 3.74. The van der Waals surface area contributed by atoms with Gasteiger partial charge in [0.05, 0.1) is 12.7 Å². The summed E-state index contributed by atoms with van der Waals surface area (Å²) in [5.74, 6) is -0.300. The van der Waals surface area contributed by atoms with Crippen LogP contribution in [-0.2, 0) is 22.4 Å². The van der Waals surface area contributed by atoms with Crippen LogP contribution in [0.5, 0.6) is 0 Å². The Bertz CT molecular complexity index is 653. The van der Waals surface area contributed by atoms with E-state index in [4.69, 9.17) is 9.39 Å². The first kappa shape index (κ1) is 13.2. The number of nitrogens with zero attached hydrogens (tertiary/aromatic N) is 1. The molecule has 3 rings (SSSR count). The van der Waals surface area contributed by atoms with E-state index in [0.29, 0.717) is 13.2 Å². The first-order valence-corrected chi connectivity index (χ1v) is 6.66. The maximum atomic E-state index is 11.7. The van der Waals surface area contributed by atoms with Crippen molar-refractivity contribution in [2.45, 2.75) is 13.0 Å². The Morgan fingerprint density at radius 1 is 1.40 bits per heavy atom. The van der Waals surface area contributed by atoms with Crippen molar-refractivity contribution in [1.29, 1.82) is 0 Å². The summed E-state index contributed by atoms with van der Waals surface area (Å²) in [4.78, 5) is 17.3. The van der Waals surface area contributed by atoms with Crippen molar-refractivity contribution in [3.05, 3.63) is 35.0 Å². The van der Waals surface area contributed by atoms with Crippen molar-refractivity contribution in [1.82, 2.24) is 9.79 Å². The predicted molar refractivity (Wildman–Crippen MR) is 77.9 cm³/mol. The molecule has 0 saturated carbocycles. The molecule has 0 unspecified atom stereocenters. The van der Waals surface area contributed by atoms with Crippen molar-refractivity contribution in [2.75, 3.05) is 20.8 Å². The molecule has 0 radical (unpaired) electrons. The number of carbonyl (C=O) groups excluding carboxylic acids is 1. The van der Waals surface area contributed by atoms with Crippen molar-refractivity contribution >= 4 is 24.5 Å². The van der Waals surface area contributed by atoms with Gasteiger partial charge >= 0.3 is 13.6 Å². The SMILES string of the molecule is COBN1CCc2[nH]c3ccc(C(=O)OC)cc3c2C1. The maximum Gasteiger partial charge on any atom is 0.363 e. The molecule has 5 nitrogen and oxygen atoms in total. The summed E-state index contributed by atoms with van der Waals surface area (Å²) in [6.45, 7) is 1.82. The molecule has 0 bridgehead atoms. The van der Waals surface area contributed by atoms with E-state index >= 15 is 0 Å². The predicted octanol–water partition coefficient (Wildman–Crippen LogP) is 1.23. The Balaban J connectivity index is 2.02. The number of esters is 1. The summed E-state index contributed by atoms with van der Waals surface area (Å²) >= 11 is 0. The Hall–Kier alpha value is -1.79. The molecule has 0 amide bonds. The number of aromatic nitrogens is 1. The van der Waals surface area contributed by atoms with Gasteiger partial charge in [-0.1, -0.05) is 0 Å². The third-order valence-electron chi connectivity index (χ3n) is 3.79. The van der Waals surface area contributed by atoms with E-state index < -0.39 is 0 Å². The van der Waals surface area contributed by atoms with Crippen LogP contribution in [0.1, 0.15) is 21.6 Å². The van der Waals surface area contributed by atoms with E-state index in [1.165, 1.54) is 18.4 Å². The lowest BCUT2D eigenvalue weighted by Crippen LogP contribution is -2.34. The Morgan fingerprint density at radius 3 is 3.00 bits per heavy atom. The minimum atomic E-state index is -0.300. The van der Waals surface area contributed by atoms with Gasteiger partial charge < -0.3 is 19.2 Å². The lowest BCUT2D eigenvalue weighted by atomic mass is 9.99. The molecule has 0 fully saturated rings. The molecule has 2 heterocycles. The zero-order chi connectivity index (χ0) is 14.1. The summed E-state index contributed by atoms with van der Waals surface area (Å²) in [6.07, 6.45) is 0.973. The molecule has 1 aromatic carbocycles. The monoisotopic (exact) mass is 272 g/mol. The molecule has 0 spiro atoms. The zero-order valence-corrected chi connectivity index (χ0v) is 11.7. The third-order valence-corrected chi connectivity index (χ3v) is 3.79. The number of hydrogen-bond donors (Lipinski definition) is 1. The number of methoxy groups -OCH3 is 1. The van der Waals surface area contributed by atoms with Gasteiger partial charge in [-0.2, -0.15) is 0 Å². The summed E-state index contributed by atoms with van der Waals surface area (Å²) < 4.78 is 9.99. The van der Waals surface area contributed by atoms with E-state index in [-0.39, 0.29) is 5.97 Å². The second-order valence-electron chi connectivity index (χ2n) is 5.05. The minimum Gasteiger partial charge on any atom is -0.465 e. The normalized spacial score (nSPS) is 15.1. The van der Waals surface area contributed by atoms with E-state index in [0.717, 1.165) is 30.4 Å². The van der Waals surface area contributed by atoms with E-state index in [1.807, 2.05) is 12.1 Å². The van der Waals surface area contributed by atoms with Gasteiger partial charge in [0, 0.05) is 30.3 Å². The lowest BCUT2D eigenvalue weighted by molar-refractivity contribution is 0.0601. The second-order valence-corrected chi connectivity index (χ2v) is 5.05. The van der Waals surface area contributed by atoms with E-state index in [9.17, 15) is 4.79 Å². The van der Waals surface area contributed by atoms with Gasteiger partial charge in [-0.15, -0.1) is 0 Å². The minimum absolute atomic E-state index is 0.300. The van der Waals surface area contributed by atoms with E-state index in [2.05, 4.69) is 9.79 Å². The number of ether oxygens (including phenoxy) is 1. The van der Waals surface area contributed by atoms with Gasteiger partial charge in [0.2, 0.25) is 0 Å². The standard InChI is InChI=1S/C14H17BN2O3/c1-19-14(18)9-3-4-12-10(7-9)11-8-17(15-20-2)6-5-13(11)16-12/h3-4,7,15-16H,5-6,8H2,1-2H3. The first-order valence-electron chi connectivity index (χ1n) is 6.66. The van der Waals surface area contributed by atoms with Crippen LogP contribution in [0.25, 0.3) is 10.9 Å². The fourth-order valence-electron chi connectivity index (χ4n) is 2.81. The topological polar surface area (TPSA) is 54.6 Å². The fourth-order valence-corrected chi connectivity index (χ4v) is 2.81. The van der Waals surface area contributed by atoms with E-state index in [1.54, 1.807) is 13.2 Å². The second kappa shape index (κ2) is 5.30. The van der Waals surface area contributed by atoms with Crippen LogP contribution in [0, 0.1) is 0 Å². The van der Waals surface area contributed by atoms with Gasteiger partial charge in [-0.05, 0) is 36.7 Å². The smallest absolute Gasteiger partial charge is 0.363 e. The Labute approximate surface area is 118 Å². The number of nitrogens with one attached hydrogen (secondary N) is 1. The highest BCUT2D eigenvalue weighted by atomic mass is 16.5. The number of benzene rings is 1. The molecule has 104 valence electrons. The van der Waals surface area contributed by atoms with Crippen molar-refractivity contribution < 1.29 is 14.2 Å². The quantitative estimate of drug-likeness (QED) is 0.674. The van der Waals surface area contributed by atoms with Gasteiger partial charge in [0.25, 0.3) is 0 Å². The molecule has 0 aliphatic carbocycles. The van der Waals surface area contributed by atoms with Crippen LogP contribution < -0.4 is 0 Å². The highest BCUT2D eigenvalue weighted by Gasteiger charge is 2.21. The first-order chi connectivity index (χ1) is 9.72. The third kappa shape index (κ3) is 2.21. The van der Waals surface area contributed by atoms with Crippen LogP contribution in [0.2, 0.25) is 0 Å². The highest BCUT2D eigenvalue weighted by Crippen LogP contribution is 2.28. The fraction of sp³-hybridized carbons (Fsp3) is 0.357. The average molecular weight is 272 g/mol. The number of aromatic amines is 1. The molecule has 20 heavy (non-hydrogen) atoms. The van der Waals surface area contributed by atoms with Crippen molar-refractivity contribution in [3.63, 3.8) is 0 Å². The largest absolute Gasteiger partial charge is 0.465 e. The van der Waals surface area contributed by atoms with Crippen LogP contribution in [0.4, 0.5) is 0 Å². The van der Waals surface area contributed by atoms with Crippen molar-refractivity contribution in [3.8, 4) is 0 Å². The molecule has 2 aromatic rings. The summed E-state index contributed by atoms with van der Waals surface area (Å²) in [6, 6.07) is 5.65. The number of carbonyl (C=O) groups is 1. The Morgan fingerprint density at radius 2 is 2.25 bits per heavy atom. The van der Waals surface area contributed by atoms with Crippen LogP contribution in [0.15, 0.2) is 18.2 Å². The maximum absolute atomic E-state index is 11.7. The number of fused-ring (bicyclic) bond motifs is 3. The van der Waals surface area contributed by atoms with Crippen LogP contribution in [0.3, 0.4) is 0 Å². The summed E-state index contributed by atoms with van der Waals surface area (Å²) in [5.41, 5.74) is 4.18. The van der Waals surface area contributed by atoms with Crippen molar-refractivity contribution in [2.24, 2.45) is 0 Å². The molecule has 6 heteroatoms. The molecule has 1 aliphatic heterocycles. The molecule has 0 atom stereocenters. The van der Waals surface area contributed by atoms with Gasteiger partial charge in [0.15, 0.2) is 0 Å². The zero-order valence-electron chi connectivity index (χ0n) is 11.7. The molecular formula is C14H17BN2O3. The molecule has 1 aliphatic rings. The van der Waals surface area contributed by atoms with Gasteiger partial charge in [0.1, 0.15) is 0 Å². The molecule has 1 aromatic heterocycles. The summed E-state index contributed by atoms with van der Waals surface area (Å²) in [5, 5.41) is 1.10. The average Bonchev–Trinajstić information content (AvgIpc) is 2.84. The van der Waals surface area contributed by atoms with Crippen LogP contribution >= 0.6 is 0 Å². The number of rotatable bonds is 3. The lowest BCUT2D eigenvalue weighted by Gasteiger charge is -2.25. The van der Waals surface area contributed by atoms with Crippen LogP contribution in [-0.4, -0.2) is 44.1 Å². The van der Waals surface area contributed by atoms with Gasteiger partial charge in [-0.3, -0.25) is 0 Å². The molecule has 0 saturated heterocycles. The number of H-pyrrole nitrogens is 1. The number of hydrogen-bond acceptors (Lipinski definition) is 4. The highest BCUT2D eigenvalue weighted by molar-refractivity contribution is 6.23.